The van der Waals surface area contributed by atoms with Crippen molar-refractivity contribution < 1.29 is 9.53 Å². The van der Waals surface area contributed by atoms with Crippen LogP contribution >= 0.6 is 11.3 Å². The first-order valence-electron chi connectivity index (χ1n) is 8.12. The number of ether oxygens (including phenoxy) is 1. The number of carbonyl (C=O) groups excluding carboxylic acids is 1. The Morgan fingerprint density at radius 3 is 2.75 bits per heavy atom. The van der Waals surface area contributed by atoms with Gasteiger partial charge in [-0.3, -0.25) is 9.78 Å². The number of rotatable bonds is 5. The van der Waals surface area contributed by atoms with E-state index in [1.165, 1.54) is 17.8 Å². The molecule has 0 atom stereocenters. The Kier molecular flexibility index (Phi) is 5.17. The Morgan fingerprint density at radius 2 is 2.04 bits per heavy atom. The van der Waals surface area contributed by atoms with Gasteiger partial charge in [-0.05, 0) is 42.0 Å². The molecular weight excluding hydrogens is 320 g/mol. The summed E-state index contributed by atoms with van der Waals surface area (Å²) in [5.74, 6) is 3.26. The molecule has 1 aliphatic rings. The number of pyridine rings is 1. The van der Waals surface area contributed by atoms with Crippen LogP contribution in [0.4, 0.5) is 0 Å². The molecule has 124 valence electrons. The van der Waals surface area contributed by atoms with Crippen molar-refractivity contribution in [2.75, 3.05) is 0 Å². The van der Waals surface area contributed by atoms with Crippen LogP contribution in [0, 0.1) is 12.3 Å². The van der Waals surface area contributed by atoms with Crippen molar-refractivity contribution in [2.45, 2.75) is 44.2 Å². The number of hydrogen-bond acceptors (Lipinski definition) is 4. The van der Waals surface area contributed by atoms with E-state index in [1.807, 2.05) is 23.6 Å². The molecule has 2 aromatic heterocycles. The van der Waals surface area contributed by atoms with Crippen LogP contribution in [-0.4, -0.2) is 16.4 Å². The van der Waals surface area contributed by atoms with E-state index < -0.39 is 5.54 Å². The first-order valence-corrected chi connectivity index (χ1v) is 9.00. The highest BCUT2D eigenvalue weighted by atomic mass is 32.1. The van der Waals surface area contributed by atoms with Gasteiger partial charge in [0.2, 0.25) is 0 Å². The molecule has 0 saturated heterocycles. The van der Waals surface area contributed by atoms with E-state index in [0.717, 1.165) is 31.2 Å². The SMILES string of the molecule is C#CC1(NC(=O)c2sccc2OCc2ccncc2)CCCCC1. The summed E-state index contributed by atoms with van der Waals surface area (Å²) in [6, 6.07) is 5.60. The average molecular weight is 340 g/mol. The number of thiophene rings is 1. The van der Waals surface area contributed by atoms with Crippen LogP contribution in [0.1, 0.15) is 47.3 Å². The third kappa shape index (κ3) is 3.77. The molecule has 4 nitrogen and oxygen atoms in total. The van der Waals surface area contributed by atoms with Gasteiger partial charge in [-0.15, -0.1) is 17.8 Å². The molecule has 1 fully saturated rings. The van der Waals surface area contributed by atoms with Gasteiger partial charge in [0.1, 0.15) is 22.8 Å². The molecule has 2 heterocycles. The van der Waals surface area contributed by atoms with E-state index in [9.17, 15) is 4.79 Å². The minimum atomic E-state index is -0.512. The molecule has 2 aromatic rings. The van der Waals surface area contributed by atoms with Crippen LogP contribution < -0.4 is 10.1 Å². The third-order valence-corrected chi connectivity index (χ3v) is 5.21. The Balaban J connectivity index is 1.68. The summed E-state index contributed by atoms with van der Waals surface area (Å²) in [5.41, 5.74) is 0.497. The maximum Gasteiger partial charge on any atom is 0.266 e. The molecule has 5 heteroatoms. The van der Waals surface area contributed by atoms with Gasteiger partial charge >= 0.3 is 0 Å². The van der Waals surface area contributed by atoms with E-state index in [1.54, 1.807) is 12.4 Å². The monoisotopic (exact) mass is 340 g/mol. The summed E-state index contributed by atoms with van der Waals surface area (Å²) in [4.78, 5) is 17.2. The summed E-state index contributed by atoms with van der Waals surface area (Å²) in [5, 5.41) is 4.93. The predicted octanol–water partition coefficient (Wildman–Crippen LogP) is 3.79. The van der Waals surface area contributed by atoms with Crippen molar-refractivity contribution in [1.82, 2.24) is 10.3 Å². The molecule has 0 unspecified atom stereocenters. The minimum Gasteiger partial charge on any atom is -0.487 e. The fourth-order valence-corrected chi connectivity index (χ4v) is 3.68. The molecular formula is C19H20N2O2S. The molecule has 0 radical (unpaired) electrons. The zero-order valence-corrected chi connectivity index (χ0v) is 14.3. The number of carbonyl (C=O) groups is 1. The number of hydrogen-bond donors (Lipinski definition) is 1. The molecule has 1 amide bonds. The predicted molar refractivity (Wildman–Crippen MR) is 95.0 cm³/mol. The fourth-order valence-electron chi connectivity index (χ4n) is 2.95. The number of terminal acetylenes is 1. The summed E-state index contributed by atoms with van der Waals surface area (Å²) in [6.45, 7) is 0.403. The van der Waals surface area contributed by atoms with Crippen molar-refractivity contribution in [3.8, 4) is 18.1 Å². The normalized spacial score (nSPS) is 16.1. The van der Waals surface area contributed by atoms with Gasteiger partial charge in [0.25, 0.3) is 5.91 Å². The lowest BCUT2D eigenvalue weighted by Crippen LogP contribution is -2.48. The largest absolute Gasteiger partial charge is 0.487 e. The smallest absolute Gasteiger partial charge is 0.266 e. The molecule has 1 aliphatic carbocycles. The second-order valence-corrected chi connectivity index (χ2v) is 6.92. The number of nitrogens with zero attached hydrogens (tertiary/aromatic N) is 1. The van der Waals surface area contributed by atoms with Crippen LogP contribution in [0.15, 0.2) is 36.0 Å². The van der Waals surface area contributed by atoms with Crippen LogP contribution in [0.3, 0.4) is 0 Å². The zero-order chi connectivity index (χ0) is 16.8. The summed E-state index contributed by atoms with van der Waals surface area (Å²) in [6.07, 6.45) is 14.1. The molecule has 0 bridgehead atoms. The number of amides is 1. The van der Waals surface area contributed by atoms with Crippen molar-refractivity contribution in [3.63, 3.8) is 0 Å². The van der Waals surface area contributed by atoms with Crippen LogP contribution in [-0.2, 0) is 6.61 Å². The van der Waals surface area contributed by atoms with E-state index in [2.05, 4.69) is 16.2 Å². The lowest BCUT2D eigenvalue weighted by molar-refractivity contribution is 0.0904. The fraction of sp³-hybridized carbons (Fsp3) is 0.368. The lowest BCUT2D eigenvalue weighted by Gasteiger charge is -2.33. The highest BCUT2D eigenvalue weighted by Crippen LogP contribution is 2.30. The van der Waals surface area contributed by atoms with Crippen LogP contribution in [0.5, 0.6) is 5.75 Å². The van der Waals surface area contributed by atoms with Gasteiger partial charge in [0.15, 0.2) is 0 Å². The zero-order valence-electron chi connectivity index (χ0n) is 13.5. The maximum atomic E-state index is 12.7. The summed E-state index contributed by atoms with van der Waals surface area (Å²) in [7, 11) is 0. The van der Waals surface area contributed by atoms with E-state index in [-0.39, 0.29) is 5.91 Å². The number of aromatic nitrogens is 1. The van der Waals surface area contributed by atoms with Gasteiger partial charge in [0.05, 0.1) is 0 Å². The second-order valence-electron chi connectivity index (χ2n) is 6.00. The van der Waals surface area contributed by atoms with Crippen molar-refractivity contribution in [3.05, 3.63) is 46.4 Å². The molecule has 24 heavy (non-hydrogen) atoms. The standard InChI is InChI=1S/C19H20N2O2S/c1-2-19(9-4-3-5-10-19)21-18(22)17-16(8-13-24-17)23-14-15-6-11-20-12-7-15/h1,6-8,11-13H,3-5,9-10,14H2,(H,21,22). The van der Waals surface area contributed by atoms with Crippen molar-refractivity contribution in [2.24, 2.45) is 0 Å². The first-order chi connectivity index (χ1) is 11.7. The quantitative estimate of drug-likeness (QED) is 0.843. The Bertz CT molecular complexity index is 727. The summed E-state index contributed by atoms with van der Waals surface area (Å²) >= 11 is 1.37. The van der Waals surface area contributed by atoms with Gasteiger partial charge in [-0.25, -0.2) is 0 Å². The first kappa shape index (κ1) is 16.5. The molecule has 0 aliphatic heterocycles. The Hall–Kier alpha value is -2.32. The average Bonchev–Trinajstić information content (AvgIpc) is 3.10. The second kappa shape index (κ2) is 7.50. The van der Waals surface area contributed by atoms with Crippen molar-refractivity contribution in [1.29, 1.82) is 0 Å². The number of nitrogens with one attached hydrogen (secondary N) is 1. The molecule has 0 spiro atoms. The lowest BCUT2D eigenvalue weighted by atomic mass is 9.82. The Morgan fingerprint density at radius 1 is 1.29 bits per heavy atom. The highest BCUT2D eigenvalue weighted by Gasteiger charge is 2.32. The van der Waals surface area contributed by atoms with E-state index >= 15 is 0 Å². The Labute approximate surface area is 146 Å². The van der Waals surface area contributed by atoms with Crippen LogP contribution in [0.2, 0.25) is 0 Å². The topological polar surface area (TPSA) is 51.2 Å². The van der Waals surface area contributed by atoms with Crippen molar-refractivity contribution >= 4 is 17.2 Å². The van der Waals surface area contributed by atoms with Gasteiger partial charge < -0.3 is 10.1 Å². The van der Waals surface area contributed by atoms with E-state index in [0.29, 0.717) is 17.2 Å². The third-order valence-electron chi connectivity index (χ3n) is 4.32. The molecule has 3 rings (SSSR count). The van der Waals surface area contributed by atoms with Gasteiger partial charge in [-0.2, -0.15) is 0 Å². The molecule has 1 saturated carbocycles. The van der Waals surface area contributed by atoms with E-state index in [4.69, 9.17) is 11.2 Å². The van der Waals surface area contributed by atoms with Gasteiger partial charge in [-0.1, -0.05) is 25.2 Å². The molecule has 0 aromatic carbocycles. The van der Waals surface area contributed by atoms with Crippen LogP contribution in [0.25, 0.3) is 0 Å². The highest BCUT2D eigenvalue weighted by molar-refractivity contribution is 7.12. The van der Waals surface area contributed by atoms with Gasteiger partial charge in [0, 0.05) is 12.4 Å². The minimum absolute atomic E-state index is 0.144. The summed E-state index contributed by atoms with van der Waals surface area (Å²) < 4.78 is 5.81. The maximum absolute atomic E-state index is 12.7. The molecule has 1 N–H and O–H groups in total.